The number of nitrogens with zero attached hydrogens (tertiary/aromatic N) is 3. The Bertz CT molecular complexity index is 661. The summed E-state index contributed by atoms with van der Waals surface area (Å²) >= 11 is 0. The predicted molar refractivity (Wildman–Crippen MR) is 86.6 cm³/mol. The summed E-state index contributed by atoms with van der Waals surface area (Å²) in [6, 6.07) is 3.95. The minimum absolute atomic E-state index is 0.115. The number of hydrogen-bond acceptors (Lipinski definition) is 4. The summed E-state index contributed by atoms with van der Waals surface area (Å²) < 4.78 is 7.17. The number of methoxy groups -OCH3 is 1. The average Bonchev–Trinajstić information content (AvgIpc) is 3.09. The number of hydrogen-bond donors (Lipinski definition) is 1. The van der Waals surface area contributed by atoms with Gasteiger partial charge in [-0.15, -0.1) is 0 Å². The molecule has 6 nitrogen and oxygen atoms in total. The third-order valence-corrected chi connectivity index (χ3v) is 4.30. The van der Waals surface area contributed by atoms with Crippen LogP contribution >= 0.6 is 0 Å². The Kier molecular flexibility index (Phi) is 4.71. The van der Waals surface area contributed by atoms with Crippen LogP contribution in [0.15, 0.2) is 30.9 Å². The molecule has 0 radical (unpaired) electrons. The fraction of sp³-hybridized carbons (Fsp3) is 0.471. The predicted octanol–water partition coefficient (Wildman–Crippen LogP) is 2.26. The summed E-state index contributed by atoms with van der Waals surface area (Å²) in [5.41, 5.74) is 1.44. The highest BCUT2D eigenvalue weighted by Gasteiger charge is 2.23. The molecule has 122 valence electrons. The Balaban J connectivity index is 1.70. The van der Waals surface area contributed by atoms with Crippen molar-refractivity contribution in [1.82, 2.24) is 19.9 Å². The minimum atomic E-state index is -0.115. The van der Waals surface area contributed by atoms with Crippen molar-refractivity contribution in [1.29, 1.82) is 0 Å². The normalized spacial score (nSPS) is 21.1. The van der Waals surface area contributed by atoms with E-state index in [-0.39, 0.29) is 11.9 Å². The molecule has 1 aliphatic carbocycles. The smallest absolute Gasteiger partial charge is 0.270 e. The topological polar surface area (TPSA) is 69.0 Å². The van der Waals surface area contributed by atoms with Gasteiger partial charge in [0, 0.05) is 25.5 Å². The molecule has 2 aromatic rings. The lowest BCUT2D eigenvalue weighted by Gasteiger charge is -2.28. The molecule has 0 spiro atoms. The van der Waals surface area contributed by atoms with E-state index in [2.05, 4.69) is 15.3 Å². The fourth-order valence-corrected chi connectivity index (χ4v) is 2.99. The second kappa shape index (κ2) is 6.91. The van der Waals surface area contributed by atoms with E-state index in [1.54, 1.807) is 24.2 Å². The molecule has 1 aliphatic rings. The molecule has 23 heavy (non-hydrogen) atoms. The zero-order valence-corrected chi connectivity index (χ0v) is 13.5. The van der Waals surface area contributed by atoms with Gasteiger partial charge >= 0.3 is 0 Å². The maximum absolute atomic E-state index is 12.5. The van der Waals surface area contributed by atoms with Crippen LogP contribution in [0.4, 0.5) is 0 Å². The van der Waals surface area contributed by atoms with E-state index in [0.717, 1.165) is 31.2 Å². The minimum Gasteiger partial charge on any atom is -0.381 e. The molecule has 6 heteroatoms. The van der Waals surface area contributed by atoms with Crippen molar-refractivity contribution in [2.45, 2.75) is 44.8 Å². The third-order valence-electron chi connectivity index (χ3n) is 4.30. The van der Waals surface area contributed by atoms with E-state index in [1.165, 1.54) is 0 Å². The van der Waals surface area contributed by atoms with Gasteiger partial charge in [0.25, 0.3) is 5.91 Å². The van der Waals surface area contributed by atoms with Crippen LogP contribution in [0.1, 0.15) is 41.7 Å². The highest BCUT2D eigenvalue weighted by atomic mass is 16.5. The van der Waals surface area contributed by atoms with Gasteiger partial charge in [-0.1, -0.05) is 0 Å². The van der Waals surface area contributed by atoms with E-state index in [4.69, 9.17) is 4.74 Å². The Morgan fingerprint density at radius 1 is 1.30 bits per heavy atom. The molecule has 1 amide bonds. The number of pyridine rings is 1. The van der Waals surface area contributed by atoms with Crippen molar-refractivity contribution < 1.29 is 9.53 Å². The van der Waals surface area contributed by atoms with Crippen molar-refractivity contribution in [2.75, 3.05) is 7.11 Å². The summed E-state index contributed by atoms with van der Waals surface area (Å²) in [5, 5.41) is 3.10. The van der Waals surface area contributed by atoms with E-state index in [9.17, 15) is 4.79 Å². The van der Waals surface area contributed by atoms with Crippen molar-refractivity contribution in [2.24, 2.45) is 0 Å². The lowest BCUT2D eigenvalue weighted by molar-refractivity contribution is 0.0598. The Labute approximate surface area is 135 Å². The molecule has 1 N–H and O–H groups in total. The molecule has 0 aromatic carbocycles. The number of nitrogens with one attached hydrogen (secondary N) is 1. The number of amides is 1. The number of ether oxygens (including phenoxy) is 1. The summed E-state index contributed by atoms with van der Waals surface area (Å²) in [5.74, 6) is 0.590. The Morgan fingerprint density at radius 3 is 2.74 bits per heavy atom. The van der Waals surface area contributed by atoms with Crippen LogP contribution in [0.5, 0.6) is 0 Å². The van der Waals surface area contributed by atoms with Crippen molar-refractivity contribution >= 4 is 5.91 Å². The maximum atomic E-state index is 12.5. The molecule has 0 saturated heterocycles. The van der Waals surface area contributed by atoms with E-state index >= 15 is 0 Å². The summed E-state index contributed by atoms with van der Waals surface area (Å²) in [7, 11) is 1.75. The first-order chi connectivity index (χ1) is 11.2. The molecular weight excluding hydrogens is 292 g/mol. The number of aryl methyl sites for hydroxylation is 1. The van der Waals surface area contributed by atoms with Crippen molar-refractivity contribution in [3.05, 3.63) is 42.1 Å². The largest absolute Gasteiger partial charge is 0.381 e. The van der Waals surface area contributed by atoms with Crippen LogP contribution in [-0.4, -0.2) is 39.7 Å². The van der Waals surface area contributed by atoms with E-state index in [0.29, 0.717) is 17.6 Å². The van der Waals surface area contributed by atoms with Crippen molar-refractivity contribution in [3.63, 3.8) is 0 Å². The summed E-state index contributed by atoms with van der Waals surface area (Å²) in [6.07, 6.45) is 9.39. The van der Waals surface area contributed by atoms with Crippen LogP contribution in [0.2, 0.25) is 0 Å². The molecule has 0 unspecified atom stereocenters. The molecular formula is C17H22N4O2. The van der Waals surface area contributed by atoms with Gasteiger partial charge in [-0.2, -0.15) is 0 Å². The number of aromatic nitrogens is 3. The van der Waals surface area contributed by atoms with Crippen molar-refractivity contribution in [3.8, 4) is 5.82 Å². The van der Waals surface area contributed by atoms with Crippen LogP contribution in [0.3, 0.4) is 0 Å². The monoisotopic (exact) mass is 314 g/mol. The number of carbonyl (C=O) groups is 1. The molecule has 2 heterocycles. The second-order valence-electron chi connectivity index (χ2n) is 6.04. The molecule has 2 aromatic heterocycles. The zero-order chi connectivity index (χ0) is 16.2. The van der Waals surface area contributed by atoms with Gasteiger partial charge in [-0.3, -0.25) is 9.36 Å². The SMILES string of the molecule is CO[C@H]1CC[C@H](NC(=O)c2cc(C)cc(-n3ccnc3)n2)CC1. The van der Waals surface area contributed by atoms with Gasteiger partial charge in [-0.05, 0) is 50.3 Å². The van der Waals surface area contributed by atoms with Gasteiger partial charge in [-0.25, -0.2) is 9.97 Å². The highest BCUT2D eigenvalue weighted by molar-refractivity contribution is 5.92. The third kappa shape index (κ3) is 3.76. The molecule has 0 bridgehead atoms. The molecule has 0 atom stereocenters. The van der Waals surface area contributed by atoms with Gasteiger partial charge in [0.1, 0.15) is 17.8 Å². The molecule has 1 saturated carbocycles. The van der Waals surface area contributed by atoms with E-state index < -0.39 is 0 Å². The lowest BCUT2D eigenvalue weighted by Crippen LogP contribution is -2.39. The summed E-state index contributed by atoms with van der Waals surface area (Å²) in [6.45, 7) is 1.96. The quantitative estimate of drug-likeness (QED) is 0.940. The molecule has 3 rings (SSSR count). The molecule has 1 fully saturated rings. The van der Waals surface area contributed by atoms with Crippen LogP contribution in [-0.2, 0) is 4.74 Å². The van der Waals surface area contributed by atoms with Gasteiger partial charge in [0.15, 0.2) is 0 Å². The number of carbonyl (C=O) groups excluding carboxylic acids is 1. The fourth-order valence-electron chi connectivity index (χ4n) is 2.99. The first-order valence-corrected chi connectivity index (χ1v) is 7.96. The highest BCUT2D eigenvalue weighted by Crippen LogP contribution is 2.21. The van der Waals surface area contributed by atoms with Gasteiger partial charge in [0.05, 0.1) is 6.10 Å². The summed E-state index contributed by atoms with van der Waals surface area (Å²) in [4.78, 5) is 21.0. The number of rotatable bonds is 4. The Morgan fingerprint density at radius 2 is 2.09 bits per heavy atom. The van der Waals surface area contributed by atoms with Gasteiger partial charge < -0.3 is 10.1 Å². The lowest BCUT2D eigenvalue weighted by atomic mass is 9.93. The van der Waals surface area contributed by atoms with Crippen LogP contribution in [0.25, 0.3) is 5.82 Å². The zero-order valence-electron chi connectivity index (χ0n) is 13.5. The molecule has 0 aliphatic heterocycles. The van der Waals surface area contributed by atoms with Crippen LogP contribution < -0.4 is 5.32 Å². The average molecular weight is 314 g/mol. The first-order valence-electron chi connectivity index (χ1n) is 7.96. The second-order valence-corrected chi connectivity index (χ2v) is 6.04. The number of imidazole rings is 1. The standard InChI is InChI=1S/C17H22N4O2/c1-12-9-15(20-16(10-12)21-8-7-18-11-21)17(22)19-13-3-5-14(23-2)6-4-13/h7-11,13-14H,3-6H2,1-2H3,(H,19,22)/t13-,14-. The van der Waals surface area contributed by atoms with Crippen LogP contribution in [0, 0.1) is 6.92 Å². The van der Waals surface area contributed by atoms with Gasteiger partial charge in [0.2, 0.25) is 0 Å². The first kappa shape index (κ1) is 15.7. The van der Waals surface area contributed by atoms with E-state index in [1.807, 2.05) is 25.3 Å². The maximum Gasteiger partial charge on any atom is 0.270 e. The Hall–Kier alpha value is -2.21.